The molecule has 0 aromatic heterocycles. The third-order valence-electron chi connectivity index (χ3n) is 5.41. The minimum Gasteiger partial charge on any atom is -0.310 e. The van der Waals surface area contributed by atoms with E-state index in [1.165, 1.54) is 32.1 Å². The number of hydrogen-bond acceptors (Lipinski definition) is 1. The van der Waals surface area contributed by atoms with Gasteiger partial charge in [-0.2, -0.15) is 0 Å². The molecular formula is C17H25N. The summed E-state index contributed by atoms with van der Waals surface area (Å²) in [6, 6.07) is 9.13. The fourth-order valence-electron chi connectivity index (χ4n) is 4.53. The lowest BCUT2D eigenvalue weighted by molar-refractivity contribution is 0.100. The van der Waals surface area contributed by atoms with Gasteiger partial charge in [0.25, 0.3) is 0 Å². The summed E-state index contributed by atoms with van der Waals surface area (Å²) >= 11 is 0. The van der Waals surface area contributed by atoms with Gasteiger partial charge < -0.3 is 5.32 Å². The van der Waals surface area contributed by atoms with Gasteiger partial charge in [0.1, 0.15) is 0 Å². The number of hydrogen-bond donors (Lipinski definition) is 1. The highest BCUT2D eigenvalue weighted by Gasteiger charge is 2.49. The van der Waals surface area contributed by atoms with Crippen molar-refractivity contribution in [3.63, 3.8) is 0 Å². The van der Waals surface area contributed by atoms with Crippen molar-refractivity contribution in [1.29, 1.82) is 0 Å². The number of nitrogens with one attached hydrogen (secondary N) is 1. The molecule has 0 radical (unpaired) electrons. The minimum atomic E-state index is 0.254. The Morgan fingerprint density at radius 1 is 1.11 bits per heavy atom. The lowest BCUT2D eigenvalue weighted by Crippen LogP contribution is -2.54. The fraction of sp³-hybridized carbons (Fsp3) is 0.647. The SMILES string of the molecule is CN[C@@]12CCCC[C@@H]1CC(C)(C)c1ccccc12. The maximum absolute atomic E-state index is 3.71. The first kappa shape index (κ1) is 12.2. The van der Waals surface area contributed by atoms with E-state index in [1.54, 1.807) is 11.1 Å². The van der Waals surface area contributed by atoms with Gasteiger partial charge in [-0.1, -0.05) is 51.0 Å². The van der Waals surface area contributed by atoms with Crippen molar-refractivity contribution in [3.8, 4) is 0 Å². The van der Waals surface area contributed by atoms with Crippen LogP contribution in [0.1, 0.15) is 57.1 Å². The first-order valence-electron chi connectivity index (χ1n) is 7.39. The molecule has 1 saturated carbocycles. The number of benzene rings is 1. The van der Waals surface area contributed by atoms with Gasteiger partial charge in [0, 0.05) is 5.54 Å². The molecule has 2 aliphatic rings. The Kier molecular flexibility index (Phi) is 2.78. The molecule has 2 atom stereocenters. The molecule has 0 heterocycles. The van der Waals surface area contributed by atoms with E-state index >= 15 is 0 Å². The van der Waals surface area contributed by atoms with Gasteiger partial charge in [0.2, 0.25) is 0 Å². The molecule has 1 heteroatoms. The van der Waals surface area contributed by atoms with Crippen molar-refractivity contribution in [2.24, 2.45) is 5.92 Å². The highest BCUT2D eigenvalue weighted by molar-refractivity contribution is 5.42. The van der Waals surface area contributed by atoms with E-state index in [1.807, 2.05) is 0 Å². The van der Waals surface area contributed by atoms with Crippen molar-refractivity contribution >= 4 is 0 Å². The Hall–Kier alpha value is -0.820. The highest BCUT2D eigenvalue weighted by Crippen LogP contribution is 2.53. The van der Waals surface area contributed by atoms with Gasteiger partial charge in [0.05, 0.1) is 0 Å². The summed E-state index contributed by atoms with van der Waals surface area (Å²) in [5.74, 6) is 0.807. The molecule has 0 aliphatic heterocycles. The lowest BCUT2D eigenvalue weighted by atomic mass is 9.56. The van der Waals surface area contributed by atoms with Crippen LogP contribution >= 0.6 is 0 Å². The molecule has 1 aromatic rings. The molecule has 0 saturated heterocycles. The predicted molar refractivity (Wildman–Crippen MR) is 76.8 cm³/mol. The second-order valence-electron chi connectivity index (χ2n) is 6.80. The van der Waals surface area contributed by atoms with Crippen molar-refractivity contribution in [2.75, 3.05) is 7.05 Å². The van der Waals surface area contributed by atoms with Crippen LogP contribution in [-0.4, -0.2) is 7.05 Å². The van der Waals surface area contributed by atoms with E-state index < -0.39 is 0 Å². The monoisotopic (exact) mass is 243 g/mol. The second kappa shape index (κ2) is 4.09. The average Bonchev–Trinajstić information content (AvgIpc) is 2.39. The molecule has 3 rings (SSSR count). The van der Waals surface area contributed by atoms with Crippen LogP contribution in [0.15, 0.2) is 24.3 Å². The van der Waals surface area contributed by atoms with Crippen LogP contribution in [0.3, 0.4) is 0 Å². The summed E-state index contributed by atoms with van der Waals surface area (Å²) in [7, 11) is 2.16. The van der Waals surface area contributed by atoms with Crippen molar-refractivity contribution in [3.05, 3.63) is 35.4 Å². The van der Waals surface area contributed by atoms with Gasteiger partial charge in [0.15, 0.2) is 0 Å². The number of fused-ring (bicyclic) bond motifs is 3. The molecule has 18 heavy (non-hydrogen) atoms. The molecular weight excluding hydrogens is 218 g/mol. The third kappa shape index (κ3) is 1.56. The molecule has 1 N–H and O–H groups in total. The summed E-state index contributed by atoms with van der Waals surface area (Å²) in [4.78, 5) is 0. The van der Waals surface area contributed by atoms with Gasteiger partial charge >= 0.3 is 0 Å². The van der Waals surface area contributed by atoms with Gasteiger partial charge in [-0.25, -0.2) is 0 Å². The quantitative estimate of drug-likeness (QED) is 0.787. The van der Waals surface area contributed by atoms with E-state index in [0.717, 1.165) is 5.92 Å². The Morgan fingerprint density at radius 3 is 2.56 bits per heavy atom. The maximum atomic E-state index is 3.71. The summed E-state index contributed by atoms with van der Waals surface area (Å²) in [6.07, 6.45) is 6.79. The molecule has 0 amide bonds. The van der Waals surface area contributed by atoms with E-state index in [9.17, 15) is 0 Å². The molecule has 2 aliphatic carbocycles. The van der Waals surface area contributed by atoms with Crippen LogP contribution in [0, 0.1) is 5.92 Å². The summed E-state index contributed by atoms with van der Waals surface area (Å²) in [6.45, 7) is 4.83. The molecule has 1 aromatic carbocycles. The van der Waals surface area contributed by atoms with Crippen LogP contribution in [-0.2, 0) is 11.0 Å². The third-order valence-corrected chi connectivity index (χ3v) is 5.41. The van der Waals surface area contributed by atoms with Gasteiger partial charge in [-0.05, 0) is 48.8 Å². The Bertz CT molecular complexity index is 449. The molecule has 98 valence electrons. The van der Waals surface area contributed by atoms with Crippen molar-refractivity contribution in [2.45, 2.75) is 56.9 Å². The Morgan fingerprint density at radius 2 is 1.83 bits per heavy atom. The van der Waals surface area contributed by atoms with Crippen molar-refractivity contribution in [1.82, 2.24) is 5.32 Å². The smallest absolute Gasteiger partial charge is 0.0464 e. The zero-order valence-corrected chi connectivity index (χ0v) is 11.9. The van der Waals surface area contributed by atoms with Crippen LogP contribution in [0.5, 0.6) is 0 Å². The van der Waals surface area contributed by atoms with E-state index in [4.69, 9.17) is 0 Å². The zero-order chi connectivity index (χ0) is 12.8. The van der Waals surface area contributed by atoms with Crippen LogP contribution in [0.25, 0.3) is 0 Å². The fourth-order valence-corrected chi connectivity index (χ4v) is 4.53. The molecule has 0 unspecified atom stereocenters. The van der Waals surface area contributed by atoms with Gasteiger partial charge in [-0.15, -0.1) is 0 Å². The van der Waals surface area contributed by atoms with Gasteiger partial charge in [-0.3, -0.25) is 0 Å². The zero-order valence-electron chi connectivity index (χ0n) is 11.9. The molecule has 1 fully saturated rings. The van der Waals surface area contributed by atoms with E-state index in [0.29, 0.717) is 5.41 Å². The first-order valence-corrected chi connectivity index (χ1v) is 7.39. The minimum absolute atomic E-state index is 0.254. The Labute approximate surface area is 111 Å². The topological polar surface area (TPSA) is 12.0 Å². The highest BCUT2D eigenvalue weighted by atomic mass is 15.0. The maximum Gasteiger partial charge on any atom is 0.0464 e. The molecule has 0 spiro atoms. The lowest BCUT2D eigenvalue weighted by Gasteiger charge is -2.53. The molecule has 1 nitrogen and oxygen atoms in total. The summed E-state index contributed by atoms with van der Waals surface area (Å²) in [5, 5.41) is 3.71. The first-order chi connectivity index (χ1) is 8.60. The molecule has 0 bridgehead atoms. The summed E-state index contributed by atoms with van der Waals surface area (Å²) < 4.78 is 0. The normalized spacial score (nSPS) is 33.6. The predicted octanol–water partition coefficient (Wildman–Crippen LogP) is 3.97. The summed E-state index contributed by atoms with van der Waals surface area (Å²) in [5.41, 5.74) is 3.73. The second-order valence-corrected chi connectivity index (χ2v) is 6.80. The van der Waals surface area contributed by atoms with Crippen LogP contribution in [0.2, 0.25) is 0 Å². The Balaban J connectivity index is 2.19. The largest absolute Gasteiger partial charge is 0.310 e. The van der Waals surface area contributed by atoms with E-state index in [-0.39, 0.29) is 5.54 Å². The average molecular weight is 243 g/mol. The van der Waals surface area contributed by atoms with Crippen LogP contribution in [0.4, 0.5) is 0 Å². The standard InChI is InChI=1S/C17H25N/c1-16(2)12-13-8-6-7-11-17(13,18-3)15-10-5-4-9-14(15)16/h4-5,9-10,13,18H,6-8,11-12H2,1-3H3/t13-,17+/m1/s1. The van der Waals surface area contributed by atoms with E-state index in [2.05, 4.69) is 50.5 Å². The van der Waals surface area contributed by atoms with Crippen LogP contribution < -0.4 is 5.32 Å². The van der Waals surface area contributed by atoms with Crippen molar-refractivity contribution < 1.29 is 0 Å². The number of rotatable bonds is 1.